The van der Waals surface area contributed by atoms with E-state index < -0.39 is 6.10 Å². The number of hydrogen-bond donors (Lipinski definition) is 3. The van der Waals surface area contributed by atoms with E-state index in [2.05, 4.69) is 10.6 Å². The third kappa shape index (κ3) is 5.09. The number of carbonyl (C=O) groups excluding carboxylic acids is 2. The highest BCUT2D eigenvalue weighted by Crippen LogP contribution is 2.26. The van der Waals surface area contributed by atoms with Crippen molar-refractivity contribution in [2.24, 2.45) is 0 Å². The van der Waals surface area contributed by atoms with Crippen LogP contribution in [0.1, 0.15) is 25.0 Å². The van der Waals surface area contributed by atoms with Gasteiger partial charge in [0, 0.05) is 12.6 Å². The molecule has 0 saturated carbocycles. The van der Waals surface area contributed by atoms with Crippen molar-refractivity contribution in [2.75, 3.05) is 10.6 Å². The predicted molar refractivity (Wildman–Crippen MR) is 90.4 cm³/mol. The van der Waals surface area contributed by atoms with E-state index in [4.69, 9.17) is 11.6 Å². The first-order valence-electron chi connectivity index (χ1n) is 7.05. The largest absolute Gasteiger partial charge is 0.388 e. The molecule has 1 unspecified atom stereocenters. The second-order valence-electron chi connectivity index (χ2n) is 5.05. The fourth-order valence-electron chi connectivity index (χ4n) is 2.07. The molecule has 5 nitrogen and oxygen atoms in total. The standard InChI is InChI=1S/C17H17ClN2O3/c1-11(21)19-13-7-8-15(14(18)9-13)20-17(23)10-16(22)12-5-3-2-4-6-12/h2-9,16,22H,10H2,1H3,(H,19,21)(H,20,23). The average Bonchev–Trinajstić information content (AvgIpc) is 2.50. The van der Waals surface area contributed by atoms with E-state index in [1.807, 2.05) is 6.07 Å². The van der Waals surface area contributed by atoms with Crippen LogP contribution >= 0.6 is 11.6 Å². The lowest BCUT2D eigenvalue weighted by atomic mass is 10.1. The molecule has 120 valence electrons. The molecular weight excluding hydrogens is 316 g/mol. The number of halogens is 1. The maximum absolute atomic E-state index is 12.0. The number of benzene rings is 2. The van der Waals surface area contributed by atoms with Gasteiger partial charge in [0.25, 0.3) is 0 Å². The Labute approximate surface area is 139 Å². The van der Waals surface area contributed by atoms with Crippen LogP contribution in [0.3, 0.4) is 0 Å². The molecule has 0 heterocycles. The van der Waals surface area contributed by atoms with Crippen molar-refractivity contribution in [1.82, 2.24) is 0 Å². The van der Waals surface area contributed by atoms with Gasteiger partial charge in [-0.15, -0.1) is 0 Å². The van der Waals surface area contributed by atoms with Crippen molar-refractivity contribution in [3.63, 3.8) is 0 Å². The molecule has 0 spiro atoms. The molecule has 0 aromatic heterocycles. The molecule has 2 aromatic carbocycles. The van der Waals surface area contributed by atoms with Crippen molar-refractivity contribution in [3.05, 3.63) is 59.1 Å². The fraction of sp³-hybridized carbons (Fsp3) is 0.176. The van der Waals surface area contributed by atoms with Crippen LogP contribution in [0.25, 0.3) is 0 Å². The molecule has 23 heavy (non-hydrogen) atoms. The summed E-state index contributed by atoms with van der Waals surface area (Å²) in [4.78, 5) is 23.0. The summed E-state index contributed by atoms with van der Waals surface area (Å²) in [7, 11) is 0. The Balaban J connectivity index is 1.99. The summed E-state index contributed by atoms with van der Waals surface area (Å²) in [6.07, 6.45) is -0.957. The fourth-order valence-corrected chi connectivity index (χ4v) is 2.30. The van der Waals surface area contributed by atoms with Gasteiger partial charge >= 0.3 is 0 Å². The van der Waals surface area contributed by atoms with Crippen LogP contribution in [-0.2, 0) is 9.59 Å². The number of amides is 2. The van der Waals surface area contributed by atoms with E-state index in [0.717, 1.165) is 0 Å². The monoisotopic (exact) mass is 332 g/mol. The SMILES string of the molecule is CC(=O)Nc1ccc(NC(=O)CC(O)c2ccccc2)c(Cl)c1. The molecule has 3 N–H and O–H groups in total. The molecule has 2 rings (SSSR count). The average molecular weight is 333 g/mol. The second kappa shape index (κ2) is 7.76. The van der Waals surface area contributed by atoms with Gasteiger partial charge in [0.15, 0.2) is 0 Å². The molecule has 0 radical (unpaired) electrons. The van der Waals surface area contributed by atoms with Crippen LogP contribution in [0, 0.1) is 0 Å². The van der Waals surface area contributed by atoms with Gasteiger partial charge in [-0.2, -0.15) is 0 Å². The summed E-state index contributed by atoms with van der Waals surface area (Å²) in [6, 6.07) is 13.7. The Bertz CT molecular complexity index is 704. The van der Waals surface area contributed by atoms with Crippen LogP contribution in [-0.4, -0.2) is 16.9 Å². The summed E-state index contributed by atoms with van der Waals surface area (Å²) in [5.41, 5.74) is 1.64. The third-order valence-electron chi connectivity index (χ3n) is 3.13. The van der Waals surface area contributed by atoms with Crippen LogP contribution in [0.2, 0.25) is 5.02 Å². The number of anilines is 2. The zero-order valence-electron chi connectivity index (χ0n) is 12.5. The first kappa shape index (κ1) is 17.0. The minimum Gasteiger partial charge on any atom is -0.388 e. The Kier molecular flexibility index (Phi) is 5.73. The molecule has 0 aliphatic heterocycles. The van der Waals surface area contributed by atoms with Gasteiger partial charge < -0.3 is 15.7 Å². The summed E-state index contributed by atoms with van der Waals surface area (Å²) >= 11 is 6.08. The van der Waals surface area contributed by atoms with Gasteiger partial charge in [0.05, 0.1) is 23.2 Å². The van der Waals surface area contributed by atoms with E-state index in [0.29, 0.717) is 22.0 Å². The predicted octanol–water partition coefficient (Wildman–Crippen LogP) is 3.36. The Morgan fingerprint density at radius 1 is 1.13 bits per heavy atom. The van der Waals surface area contributed by atoms with Gasteiger partial charge in [-0.25, -0.2) is 0 Å². The summed E-state index contributed by atoms with van der Waals surface area (Å²) in [5.74, 6) is -0.556. The first-order valence-corrected chi connectivity index (χ1v) is 7.43. The topological polar surface area (TPSA) is 78.4 Å². The second-order valence-corrected chi connectivity index (χ2v) is 5.46. The lowest BCUT2D eigenvalue weighted by Gasteiger charge is -2.12. The van der Waals surface area contributed by atoms with Crippen LogP contribution in [0.15, 0.2) is 48.5 Å². The van der Waals surface area contributed by atoms with E-state index in [1.165, 1.54) is 6.92 Å². The highest BCUT2D eigenvalue weighted by molar-refractivity contribution is 6.34. The molecule has 0 aliphatic rings. The molecular formula is C17H17ClN2O3. The van der Waals surface area contributed by atoms with Crippen molar-refractivity contribution < 1.29 is 14.7 Å². The van der Waals surface area contributed by atoms with Crippen LogP contribution < -0.4 is 10.6 Å². The molecule has 0 fully saturated rings. The number of aliphatic hydroxyl groups excluding tert-OH is 1. The molecule has 0 bridgehead atoms. The molecule has 2 amide bonds. The number of hydrogen-bond acceptors (Lipinski definition) is 3. The Morgan fingerprint density at radius 3 is 2.43 bits per heavy atom. The number of carbonyl (C=O) groups is 2. The Morgan fingerprint density at radius 2 is 1.83 bits per heavy atom. The normalized spacial score (nSPS) is 11.6. The molecule has 1 atom stereocenters. The zero-order chi connectivity index (χ0) is 16.8. The summed E-state index contributed by atoms with van der Waals surface area (Å²) in [5, 5.41) is 15.6. The van der Waals surface area contributed by atoms with E-state index in [-0.39, 0.29) is 18.2 Å². The minimum absolute atomic E-state index is 0.0756. The lowest BCUT2D eigenvalue weighted by molar-refractivity contribution is -0.118. The first-order chi connectivity index (χ1) is 11.0. The highest BCUT2D eigenvalue weighted by Gasteiger charge is 2.14. The van der Waals surface area contributed by atoms with Crippen molar-refractivity contribution in [3.8, 4) is 0 Å². The zero-order valence-corrected chi connectivity index (χ0v) is 13.3. The van der Waals surface area contributed by atoms with Gasteiger partial charge in [-0.1, -0.05) is 41.9 Å². The highest BCUT2D eigenvalue weighted by atomic mass is 35.5. The van der Waals surface area contributed by atoms with E-state index in [1.54, 1.807) is 42.5 Å². The summed E-state index contributed by atoms with van der Waals surface area (Å²) in [6.45, 7) is 1.40. The molecule has 0 saturated heterocycles. The Hall–Kier alpha value is -2.37. The van der Waals surface area contributed by atoms with Gasteiger partial charge in [-0.3, -0.25) is 9.59 Å². The van der Waals surface area contributed by atoms with E-state index >= 15 is 0 Å². The lowest BCUT2D eigenvalue weighted by Crippen LogP contribution is -2.16. The van der Waals surface area contributed by atoms with Gasteiger partial charge in [0.1, 0.15) is 0 Å². The third-order valence-corrected chi connectivity index (χ3v) is 3.44. The smallest absolute Gasteiger partial charge is 0.227 e. The van der Waals surface area contributed by atoms with Gasteiger partial charge in [0.2, 0.25) is 11.8 Å². The number of rotatable bonds is 5. The molecule has 6 heteroatoms. The van der Waals surface area contributed by atoms with Gasteiger partial charge in [-0.05, 0) is 23.8 Å². The molecule has 2 aromatic rings. The van der Waals surface area contributed by atoms with Crippen molar-refractivity contribution in [2.45, 2.75) is 19.4 Å². The van der Waals surface area contributed by atoms with Crippen molar-refractivity contribution >= 4 is 34.8 Å². The maximum atomic E-state index is 12.0. The minimum atomic E-state index is -0.881. The molecule has 0 aliphatic carbocycles. The quantitative estimate of drug-likeness (QED) is 0.785. The van der Waals surface area contributed by atoms with Crippen LogP contribution in [0.5, 0.6) is 0 Å². The number of aliphatic hydroxyl groups is 1. The summed E-state index contributed by atoms with van der Waals surface area (Å²) < 4.78 is 0. The van der Waals surface area contributed by atoms with Crippen LogP contribution in [0.4, 0.5) is 11.4 Å². The van der Waals surface area contributed by atoms with E-state index in [9.17, 15) is 14.7 Å². The number of nitrogens with one attached hydrogen (secondary N) is 2. The maximum Gasteiger partial charge on any atom is 0.227 e. The van der Waals surface area contributed by atoms with Crippen molar-refractivity contribution in [1.29, 1.82) is 0 Å².